The number of benzene rings is 1. The van der Waals surface area contributed by atoms with Gasteiger partial charge in [0.05, 0.1) is 6.07 Å². The molecule has 0 aliphatic heterocycles. The quantitative estimate of drug-likeness (QED) is 0.622. The Morgan fingerprint density at radius 3 is 2.88 bits per heavy atom. The third-order valence-electron chi connectivity index (χ3n) is 2.36. The predicted molar refractivity (Wildman–Crippen MR) is 61.1 cm³/mol. The summed E-state index contributed by atoms with van der Waals surface area (Å²) in [5, 5.41) is 9.25. The van der Waals surface area contributed by atoms with Gasteiger partial charge in [0.15, 0.2) is 0 Å². The second-order valence-corrected chi connectivity index (χ2v) is 3.47. The van der Waals surface area contributed by atoms with E-state index in [1.165, 1.54) is 0 Å². The summed E-state index contributed by atoms with van der Waals surface area (Å²) in [5.41, 5.74) is 7.49. The number of nitrogens with zero attached hydrogens (tertiary/aromatic N) is 1. The normalized spacial score (nSPS) is 10.3. The standard InChI is InChI=1S/C11H11N3O2/c1-6-7(3-2-4-8(6)12)11-13-9(15)5-10(16)14-11/h2-5H,12H2,1H3,(H2,13,14,15,16). The molecule has 0 saturated carbocycles. The molecule has 0 amide bonds. The Morgan fingerprint density at radius 2 is 2.19 bits per heavy atom. The Hall–Kier alpha value is -2.30. The van der Waals surface area contributed by atoms with E-state index in [1.807, 2.05) is 6.92 Å². The van der Waals surface area contributed by atoms with Crippen LogP contribution in [0, 0.1) is 6.92 Å². The Labute approximate surface area is 91.6 Å². The van der Waals surface area contributed by atoms with E-state index in [9.17, 15) is 9.90 Å². The molecule has 0 bridgehead atoms. The topological polar surface area (TPSA) is 92.0 Å². The number of nitrogens with one attached hydrogen (secondary N) is 1. The first kappa shape index (κ1) is 10.2. The van der Waals surface area contributed by atoms with Gasteiger partial charge in [-0.3, -0.25) is 4.79 Å². The Morgan fingerprint density at radius 1 is 1.44 bits per heavy atom. The first-order chi connectivity index (χ1) is 7.58. The molecule has 2 aromatic rings. The first-order valence-corrected chi connectivity index (χ1v) is 4.73. The molecular weight excluding hydrogens is 206 g/mol. The number of H-pyrrole nitrogens is 1. The van der Waals surface area contributed by atoms with Crippen LogP contribution in [0.25, 0.3) is 11.4 Å². The number of hydrogen-bond donors (Lipinski definition) is 3. The second kappa shape index (κ2) is 3.69. The number of nitrogens with two attached hydrogens (primary N) is 1. The van der Waals surface area contributed by atoms with E-state index in [-0.39, 0.29) is 5.88 Å². The minimum absolute atomic E-state index is 0.305. The molecule has 0 radical (unpaired) electrons. The van der Waals surface area contributed by atoms with Gasteiger partial charge in [-0.25, -0.2) is 0 Å². The maximum Gasteiger partial charge on any atom is 0.254 e. The molecule has 0 spiro atoms. The number of aromatic hydroxyl groups is 1. The lowest BCUT2D eigenvalue weighted by Crippen LogP contribution is -2.07. The van der Waals surface area contributed by atoms with Gasteiger partial charge in [0.1, 0.15) is 5.82 Å². The SMILES string of the molecule is Cc1c(N)cccc1-c1nc(O)cc(=O)[nH]1. The number of nitrogen functional groups attached to an aromatic ring is 1. The summed E-state index contributed by atoms with van der Waals surface area (Å²) in [6.45, 7) is 1.83. The molecule has 0 aliphatic rings. The van der Waals surface area contributed by atoms with Crippen LogP contribution in [0.2, 0.25) is 0 Å². The van der Waals surface area contributed by atoms with Gasteiger partial charge in [-0.15, -0.1) is 0 Å². The number of hydrogen-bond acceptors (Lipinski definition) is 4. The van der Waals surface area contributed by atoms with E-state index in [1.54, 1.807) is 18.2 Å². The zero-order valence-corrected chi connectivity index (χ0v) is 8.69. The lowest BCUT2D eigenvalue weighted by Gasteiger charge is -2.07. The van der Waals surface area contributed by atoms with Crippen molar-refractivity contribution in [2.75, 3.05) is 5.73 Å². The molecule has 1 aromatic carbocycles. The van der Waals surface area contributed by atoms with Crippen molar-refractivity contribution in [2.24, 2.45) is 0 Å². The summed E-state index contributed by atoms with van der Waals surface area (Å²) in [7, 11) is 0. The number of aromatic nitrogens is 2. The number of anilines is 1. The molecule has 82 valence electrons. The van der Waals surface area contributed by atoms with Gasteiger partial charge < -0.3 is 15.8 Å². The van der Waals surface area contributed by atoms with Gasteiger partial charge in [0.25, 0.3) is 5.56 Å². The van der Waals surface area contributed by atoms with Crippen LogP contribution in [0.3, 0.4) is 0 Å². The Balaban J connectivity index is 2.67. The van der Waals surface area contributed by atoms with Gasteiger partial charge in [-0.2, -0.15) is 4.98 Å². The molecule has 1 heterocycles. The van der Waals surface area contributed by atoms with E-state index < -0.39 is 5.56 Å². The van der Waals surface area contributed by atoms with Gasteiger partial charge >= 0.3 is 0 Å². The molecule has 0 unspecified atom stereocenters. The number of rotatable bonds is 1. The fourth-order valence-electron chi connectivity index (χ4n) is 1.48. The van der Waals surface area contributed by atoms with Gasteiger partial charge in [-0.05, 0) is 18.6 Å². The molecule has 0 saturated heterocycles. The van der Waals surface area contributed by atoms with Crippen molar-refractivity contribution in [3.05, 3.63) is 40.2 Å². The van der Waals surface area contributed by atoms with E-state index >= 15 is 0 Å². The highest BCUT2D eigenvalue weighted by Crippen LogP contribution is 2.23. The smallest absolute Gasteiger partial charge is 0.254 e. The fourth-order valence-corrected chi connectivity index (χ4v) is 1.48. The Kier molecular flexibility index (Phi) is 2.36. The minimum atomic E-state index is -0.399. The highest BCUT2D eigenvalue weighted by Gasteiger charge is 2.07. The molecule has 4 N–H and O–H groups in total. The summed E-state index contributed by atoms with van der Waals surface area (Å²) < 4.78 is 0. The number of aromatic amines is 1. The van der Waals surface area contributed by atoms with Crippen LogP contribution >= 0.6 is 0 Å². The highest BCUT2D eigenvalue weighted by atomic mass is 16.3. The summed E-state index contributed by atoms with van der Waals surface area (Å²) in [5.74, 6) is 0.00961. The van der Waals surface area contributed by atoms with Crippen molar-refractivity contribution in [1.29, 1.82) is 0 Å². The highest BCUT2D eigenvalue weighted by molar-refractivity contribution is 5.67. The van der Waals surface area contributed by atoms with E-state index in [4.69, 9.17) is 5.73 Å². The van der Waals surface area contributed by atoms with Crippen molar-refractivity contribution >= 4 is 5.69 Å². The van der Waals surface area contributed by atoms with Crippen LogP contribution in [-0.2, 0) is 0 Å². The molecule has 16 heavy (non-hydrogen) atoms. The van der Waals surface area contributed by atoms with Crippen molar-refractivity contribution < 1.29 is 5.11 Å². The third-order valence-corrected chi connectivity index (χ3v) is 2.36. The summed E-state index contributed by atoms with van der Waals surface area (Å²) >= 11 is 0. The molecule has 5 heteroatoms. The van der Waals surface area contributed by atoms with Crippen molar-refractivity contribution in [2.45, 2.75) is 6.92 Å². The zero-order chi connectivity index (χ0) is 11.7. The molecule has 0 fully saturated rings. The first-order valence-electron chi connectivity index (χ1n) is 4.73. The van der Waals surface area contributed by atoms with Crippen LogP contribution < -0.4 is 11.3 Å². The van der Waals surface area contributed by atoms with Crippen molar-refractivity contribution in [1.82, 2.24) is 9.97 Å². The zero-order valence-electron chi connectivity index (χ0n) is 8.69. The van der Waals surface area contributed by atoms with Gasteiger partial charge in [0, 0.05) is 11.3 Å². The average Bonchev–Trinajstić information content (AvgIpc) is 2.20. The predicted octanol–water partition coefficient (Wildman–Crippen LogP) is 1.03. The average molecular weight is 217 g/mol. The summed E-state index contributed by atoms with van der Waals surface area (Å²) in [6.07, 6.45) is 0. The fraction of sp³-hybridized carbons (Fsp3) is 0.0909. The van der Waals surface area contributed by atoms with Crippen LogP contribution in [0.5, 0.6) is 5.88 Å². The van der Waals surface area contributed by atoms with Crippen LogP contribution in [0.15, 0.2) is 29.1 Å². The second-order valence-electron chi connectivity index (χ2n) is 3.47. The lowest BCUT2D eigenvalue weighted by atomic mass is 10.1. The van der Waals surface area contributed by atoms with Crippen LogP contribution in [-0.4, -0.2) is 15.1 Å². The maximum atomic E-state index is 11.2. The van der Waals surface area contributed by atoms with Crippen molar-refractivity contribution in [3.8, 4) is 17.3 Å². The van der Waals surface area contributed by atoms with Crippen LogP contribution in [0.4, 0.5) is 5.69 Å². The molecular formula is C11H11N3O2. The van der Waals surface area contributed by atoms with Crippen molar-refractivity contribution in [3.63, 3.8) is 0 Å². The minimum Gasteiger partial charge on any atom is -0.493 e. The molecule has 2 rings (SSSR count). The lowest BCUT2D eigenvalue weighted by molar-refractivity contribution is 0.452. The molecule has 0 atom stereocenters. The summed E-state index contributed by atoms with van der Waals surface area (Å²) in [4.78, 5) is 17.6. The Bertz CT molecular complexity index is 590. The van der Waals surface area contributed by atoms with E-state index in [0.717, 1.165) is 11.6 Å². The van der Waals surface area contributed by atoms with E-state index in [0.29, 0.717) is 17.1 Å². The monoisotopic (exact) mass is 217 g/mol. The summed E-state index contributed by atoms with van der Waals surface area (Å²) in [6, 6.07) is 6.33. The van der Waals surface area contributed by atoms with Gasteiger partial charge in [0.2, 0.25) is 5.88 Å². The molecule has 1 aromatic heterocycles. The van der Waals surface area contributed by atoms with Crippen LogP contribution in [0.1, 0.15) is 5.56 Å². The maximum absolute atomic E-state index is 11.2. The largest absolute Gasteiger partial charge is 0.493 e. The molecule has 0 aliphatic carbocycles. The third kappa shape index (κ3) is 1.75. The molecule has 5 nitrogen and oxygen atoms in total. The van der Waals surface area contributed by atoms with Gasteiger partial charge in [-0.1, -0.05) is 12.1 Å². The van der Waals surface area contributed by atoms with E-state index in [2.05, 4.69) is 9.97 Å².